The first kappa shape index (κ1) is 18.8. The Morgan fingerprint density at radius 1 is 1.42 bits per heavy atom. The Balaban J connectivity index is 2.26. The van der Waals surface area contributed by atoms with E-state index in [9.17, 15) is 18.0 Å². The van der Waals surface area contributed by atoms with Crippen molar-refractivity contribution in [2.45, 2.75) is 39.3 Å². The largest absolute Gasteiger partial charge is 0.433 e. The summed E-state index contributed by atoms with van der Waals surface area (Å²) >= 11 is 7.12. The van der Waals surface area contributed by atoms with Crippen LogP contribution in [0.2, 0.25) is 5.15 Å². The van der Waals surface area contributed by atoms with Gasteiger partial charge in [0.1, 0.15) is 5.56 Å². The summed E-state index contributed by atoms with van der Waals surface area (Å²) in [4.78, 5) is 13.2. The Morgan fingerprint density at radius 2 is 2.08 bits per heavy atom. The maximum Gasteiger partial charge on any atom is 0.433 e. The molecule has 0 bridgehead atoms. The van der Waals surface area contributed by atoms with Gasteiger partial charge in [-0.2, -0.15) is 18.3 Å². The van der Waals surface area contributed by atoms with Crippen LogP contribution in [0.5, 0.6) is 0 Å². The highest BCUT2D eigenvalue weighted by molar-refractivity contribution is 7.10. The van der Waals surface area contributed by atoms with E-state index in [1.807, 2.05) is 6.92 Å². The highest BCUT2D eigenvalue weighted by atomic mass is 35.5. The zero-order valence-corrected chi connectivity index (χ0v) is 14.9. The van der Waals surface area contributed by atoms with Crippen LogP contribution in [0.25, 0.3) is 0 Å². The minimum absolute atomic E-state index is 0.183. The number of aromatic amines is 1. The zero-order chi connectivity index (χ0) is 18.1. The molecule has 2 aromatic rings. The SMILES string of the molecule is CC(C)CC(C)c1sccc1NC(=O)c1c(Cl)n[nH]c1C(F)(F)F. The molecular formula is C15H17ClF3N3OS. The van der Waals surface area contributed by atoms with E-state index >= 15 is 0 Å². The highest BCUT2D eigenvalue weighted by Crippen LogP contribution is 2.36. The summed E-state index contributed by atoms with van der Waals surface area (Å²) < 4.78 is 38.8. The Labute approximate surface area is 146 Å². The molecule has 2 aromatic heterocycles. The van der Waals surface area contributed by atoms with Crippen LogP contribution < -0.4 is 5.32 Å². The van der Waals surface area contributed by atoms with Crippen LogP contribution in [0.15, 0.2) is 11.4 Å². The summed E-state index contributed by atoms with van der Waals surface area (Å²) in [6, 6.07) is 1.68. The highest BCUT2D eigenvalue weighted by Gasteiger charge is 2.39. The van der Waals surface area contributed by atoms with E-state index in [-0.39, 0.29) is 5.92 Å². The van der Waals surface area contributed by atoms with Crippen molar-refractivity contribution in [3.05, 3.63) is 32.7 Å². The molecule has 0 aliphatic heterocycles. The molecule has 0 aliphatic rings. The number of carbonyl (C=O) groups is 1. The summed E-state index contributed by atoms with van der Waals surface area (Å²) in [5.74, 6) is -0.287. The van der Waals surface area contributed by atoms with Gasteiger partial charge in [0.25, 0.3) is 5.91 Å². The second-order valence-electron chi connectivity index (χ2n) is 5.95. The molecule has 0 fully saturated rings. The average molecular weight is 380 g/mol. The molecule has 1 unspecified atom stereocenters. The van der Waals surface area contributed by atoms with Crippen molar-refractivity contribution in [1.82, 2.24) is 10.2 Å². The third-order valence-electron chi connectivity index (χ3n) is 3.45. The lowest BCUT2D eigenvalue weighted by Crippen LogP contribution is -2.18. The van der Waals surface area contributed by atoms with Crippen LogP contribution >= 0.6 is 22.9 Å². The molecule has 9 heteroatoms. The van der Waals surface area contributed by atoms with Gasteiger partial charge in [-0.25, -0.2) is 0 Å². The third-order valence-corrected chi connectivity index (χ3v) is 4.87. The molecule has 0 saturated carbocycles. The van der Waals surface area contributed by atoms with Crippen molar-refractivity contribution in [1.29, 1.82) is 0 Å². The molecule has 0 spiro atoms. The number of H-pyrrole nitrogens is 1. The molecule has 1 atom stereocenters. The molecule has 2 heterocycles. The lowest BCUT2D eigenvalue weighted by Gasteiger charge is -2.15. The fraction of sp³-hybridized carbons (Fsp3) is 0.467. The van der Waals surface area contributed by atoms with Gasteiger partial charge in [0, 0.05) is 4.88 Å². The minimum atomic E-state index is -4.74. The quantitative estimate of drug-likeness (QED) is 0.716. The molecule has 1 amide bonds. The van der Waals surface area contributed by atoms with Gasteiger partial charge in [0.2, 0.25) is 0 Å². The molecule has 2 N–H and O–H groups in total. The normalized spacial score (nSPS) is 13.3. The van der Waals surface area contributed by atoms with Crippen molar-refractivity contribution in [2.24, 2.45) is 5.92 Å². The Hall–Kier alpha value is -1.54. The van der Waals surface area contributed by atoms with Gasteiger partial charge in [-0.1, -0.05) is 32.4 Å². The van der Waals surface area contributed by atoms with E-state index in [0.717, 1.165) is 11.3 Å². The number of nitrogens with zero attached hydrogens (tertiary/aromatic N) is 1. The summed E-state index contributed by atoms with van der Waals surface area (Å²) in [5.41, 5.74) is -1.45. The fourth-order valence-electron chi connectivity index (χ4n) is 2.54. The molecule has 24 heavy (non-hydrogen) atoms. The van der Waals surface area contributed by atoms with Crippen molar-refractivity contribution in [2.75, 3.05) is 5.32 Å². The molecule has 0 aromatic carbocycles. The first-order valence-corrected chi connectivity index (χ1v) is 8.56. The number of hydrogen-bond acceptors (Lipinski definition) is 3. The molecule has 0 aliphatic carbocycles. The topological polar surface area (TPSA) is 57.8 Å². The van der Waals surface area contributed by atoms with Crippen molar-refractivity contribution >= 4 is 34.5 Å². The molecular weight excluding hydrogens is 363 g/mol. The Bertz CT molecular complexity index is 724. The lowest BCUT2D eigenvalue weighted by atomic mass is 9.97. The van der Waals surface area contributed by atoms with E-state index in [0.29, 0.717) is 11.6 Å². The minimum Gasteiger partial charge on any atom is -0.321 e. The van der Waals surface area contributed by atoms with Crippen molar-refractivity contribution in [3.63, 3.8) is 0 Å². The number of rotatable bonds is 5. The van der Waals surface area contributed by atoms with Crippen molar-refractivity contribution in [3.8, 4) is 0 Å². The van der Waals surface area contributed by atoms with Gasteiger partial charge in [0.15, 0.2) is 10.8 Å². The second-order valence-corrected chi connectivity index (χ2v) is 7.25. The molecule has 2 rings (SSSR count). The van der Waals surface area contributed by atoms with E-state index in [1.165, 1.54) is 11.3 Å². The number of halogens is 4. The average Bonchev–Trinajstić information content (AvgIpc) is 3.03. The summed E-state index contributed by atoms with van der Waals surface area (Å²) in [6.45, 7) is 6.19. The lowest BCUT2D eigenvalue weighted by molar-refractivity contribution is -0.141. The number of carbonyl (C=O) groups excluding carboxylic acids is 1. The first-order valence-electron chi connectivity index (χ1n) is 7.31. The second kappa shape index (κ2) is 7.14. The molecule has 132 valence electrons. The monoisotopic (exact) mass is 379 g/mol. The summed E-state index contributed by atoms with van der Waals surface area (Å²) in [7, 11) is 0. The van der Waals surface area contributed by atoms with Gasteiger partial charge in [-0.15, -0.1) is 11.3 Å². The number of nitrogens with one attached hydrogen (secondary N) is 2. The predicted octanol–water partition coefficient (Wildman–Crippen LogP) is 5.55. The maximum absolute atomic E-state index is 12.9. The molecule has 4 nitrogen and oxygen atoms in total. The van der Waals surface area contributed by atoms with E-state index in [1.54, 1.807) is 16.5 Å². The molecule has 0 radical (unpaired) electrons. The summed E-state index contributed by atoms with van der Waals surface area (Å²) in [5, 5.41) is 8.88. The third kappa shape index (κ3) is 4.10. The predicted molar refractivity (Wildman–Crippen MR) is 88.7 cm³/mol. The smallest absolute Gasteiger partial charge is 0.321 e. The molecule has 0 saturated heterocycles. The number of alkyl halides is 3. The van der Waals surface area contributed by atoms with Crippen LogP contribution in [0.1, 0.15) is 54.0 Å². The number of thiophene rings is 1. The van der Waals surface area contributed by atoms with E-state index in [4.69, 9.17) is 11.6 Å². The Kier molecular flexibility index (Phi) is 5.59. The van der Waals surface area contributed by atoms with Crippen LogP contribution in [0.3, 0.4) is 0 Å². The maximum atomic E-state index is 12.9. The number of anilines is 1. The van der Waals surface area contributed by atoms with Crippen LogP contribution in [-0.2, 0) is 6.18 Å². The van der Waals surface area contributed by atoms with Gasteiger partial charge < -0.3 is 5.32 Å². The van der Waals surface area contributed by atoms with E-state index < -0.39 is 28.5 Å². The van der Waals surface area contributed by atoms with Crippen LogP contribution in [-0.4, -0.2) is 16.1 Å². The summed E-state index contributed by atoms with van der Waals surface area (Å²) in [6.07, 6.45) is -3.83. The standard InChI is InChI=1S/C15H17ClF3N3OS/c1-7(2)6-8(3)11-9(4-5-24-11)20-14(23)10-12(15(17,18)19)21-22-13(10)16/h4-5,7-8H,6H2,1-3H3,(H,20,23)(H,21,22). The van der Waals surface area contributed by atoms with Crippen molar-refractivity contribution < 1.29 is 18.0 Å². The van der Waals surface area contributed by atoms with Gasteiger partial charge in [-0.05, 0) is 29.7 Å². The Morgan fingerprint density at radius 3 is 2.67 bits per heavy atom. The number of amides is 1. The number of hydrogen-bond donors (Lipinski definition) is 2. The van der Waals surface area contributed by atoms with Crippen LogP contribution in [0.4, 0.5) is 18.9 Å². The first-order chi connectivity index (χ1) is 11.1. The van der Waals surface area contributed by atoms with E-state index in [2.05, 4.69) is 24.3 Å². The van der Waals surface area contributed by atoms with Gasteiger partial charge in [0.05, 0.1) is 5.69 Å². The van der Waals surface area contributed by atoms with Crippen LogP contribution in [0, 0.1) is 5.92 Å². The fourth-order valence-corrected chi connectivity index (χ4v) is 3.68. The van der Waals surface area contributed by atoms with Gasteiger partial charge >= 0.3 is 6.18 Å². The zero-order valence-electron chi connectivity index (χ0n) is 13.3. The van der Waals surface area contributed by atoms with Gasteiger partial charge in [-0.3, -0.25) is 9.89 Å². The number of aromatic nitrogens is 2.